The molecule has 1 fully saturated rings. The summed E-state index contributed by atoms with van der Waals surface area (Å²) in [6.45, 7) is 5.67. The Morgan fingerprint density at radius 1 is 1.14 bits per heavy atom. The Bertz CT molecular complexity index is 414. The molecule has 0 aliphatic heterocycles. The molecule has 0 bridgehead atoms. The van der Waals surface area contributed by atoms with E-state index < -0.39 is 5.97 Å². The van der Waals surface area contributed by atoms with Gasteiger partial charge in [0, 0.05) is 18.4 Å². The van der Waals surface area contributed by atoms with E-state index in [1.54, 1.807) is 6.92 Å². The number of Topliss-reactive ketones (excluding diaryl/α,β-unsaturated/α-hetero) is 1. The molecular weight excluding hydrogens is 332 g/mol. The molecule has 0 saturated heterocycles. The number of esters is 1. The van der Waals surface area contributed by atoms with Gasteiger partial charge < -0.3 is 4.74 Å². The average molecular weight is 357 g/mol. The fourth-order valence-corrected chi connectivity index (χ4v) is 3.08. The Morgan fingerprint density at radius 2 is 1.76 bits per heavy atom. The Hall–Kier alpha value is -0.900. The second-order valence-electron chi connectivity index (χ2n) is 5.46. The van der Waals surface area contributed by atoms with Gasteiger partial charge in [-0.15, -0.1) is 0 Å². The van der Waals surface area contributed by atoms with Gasteiger partial charge in [-0.3, -0.25) is 4.79 Å². The number of hydrogen-bond donors (Lipinski definition) is 0. The van der Waals surface area contributed by atoms with Crippen LogP contribution in [0.1, 0.15) is 64.7 Å². The minimum absolute atomic E-state index is 0.0409. The number of ketones is 1. The molecule has 0 heterocycles. The van der Waals surface area contributed by atoms with E-state index in [9.17, 15) is 9.59 Å². The first kappa shape index (κ1) is 18.1. The highest BCUT2D eigenvalue weighted by molar-refractivity contribution is 9.11. The van der Waals surface area contributed by atoms with E-state index in [2.05, 4.69) is 22.5 Å². The molecule has 0 atom stereocenters. The molecule has 4 heteroatoms. The summed E-state index contributed by atoms with van der Waals surface area (Å²) in [6.07, 6.45) is 8.66. The van der Waals surface area contributed by atoms with Gasteiger partial charge in [0.25, 0.3) is 0 Å². The third-order valence-electron chi connectivity index (χ3n) is 3.69. The van der Waals surface area contributed by atoms with Crippen molar-refractivity contribution in [2.24, 2.45) is 0 Å². The Balaban J connectivity index is 2.39. The largest absolute Gasteiger partial charge is 0.463 e. The minimum atomic E-state index is -0.466. The van der Waals surface area contributed by atoms with Crippen molar-refractivity contribution in [1.82, 2.24) is 0 Å². The zero-order valence-electron chi connectivity index (χ0n) is 12.9. The molecular formula is C17H25BrO3. The Labute approximate surface area is 135 Å². The predicted molar refractivity (Wildman–Crippen MR) is 88.3 cm³/mol. The summed E-state index contributed by atoms with van der Waals surface area (Å²) in [5.74, 6) is -0.425. The van der Waals surface area contributed by atoms with Crippen LogP contribution in [0.4, 0.5) is 0 Å². The van der Waals surface area contributed by atoms with Crippen molar-refractivity contribution >= 4 is 27.7 Å². The standard InChI is InChI=1S/C17H25BrO3/c1-3-21-17(20)13(2)12-15(19)10-11-16(18)14-8-6-4-5-7-9-14/h2-12H2,1H3. The van der Waals surface area contributed by atoms with Crippen LogP contribution in [-0.2, 0) is 14.3 Å². The van der Waals surface area contributed by atoms with E-state index in [1.165, 1.54) is 35.7 Å². The van der Waals surface area contributed by atoms with Gasteiger partial charge in [0.1, 0.15) is 5.78 Å². The highest BCUT2D eigenvalue weighted by Gasteiger charge is 2.14. The molecule has 0 N–H and O–H groups in total. The second kappa shape index (κ2) is 9.93. The Kier molecular flexibility index (Phi) is 8.58. The quantitative estimate of drug-likeness (QED) is 0.372. The molecule has 1 saturated carbocycles. The minimum Gasteiger partial charge on any atom is -0.463 e. The SMILES string of the molecule is C=C(CC(=O)CCC(Br)=C1CCCCCC1)C(=O)OCC. The first-order valence-corrected chi connectivity index (χ1v) is 8.57. The molecule has 0 spiro atoms. The van der Waals surface area contributed by atoms with Crippen molar-refractivity contribution in [2.75, 3.05) is 6.61 Å². The van der Waals surface area contributed by atoms with Gasteiger partial charge in [0.05, 0.1) is 6.61 Å². The van der Waals surface area contributed by atoms with Crippen LogP contribution in [0.25, 0.3) is 0 Å². The summed E-state index contributed by atoms with van der Waals surface area (Å²) in [4.78, 5) is 23.3. The molecule has 0 aromatic heterocycles. The first-order valence-electron chi connectivity index (χ1n) is 7.77. The number of carbonyl (C=O) groups is 2. The van der Waals surface area contributed by atoms with Gasteiger partial charge in [0.15, 0.2) is 0 Å². The zero-order chi connectivity index (χ0) is 15.7. The van der Waals surface area contributed by atoms with Gasteiger partial charge >= 0.3 is 5.97 Å². The van der Waals surface area contributed by atoms with E-state index in [0.29, 0.717) is 13.0 Å². The summed E-state index contributed by atoms with van der Waals surface area (Å²) in [7, 11) is 0. The smallest absolute Gasteiger partial charge is 0.333 e. The summed E-state index contributed by atoms with van der Waals surface area (Å²) >= 11 is 3.64. The van der Waals surface area contributed by atoms with E-state index in [1.807, 2.05) is 0 Å². The molecule has 0 radical (unpaired) electrons. The molecule has 1 aliphatic carbocycles. The van der Waals surface area contributed by atoms with Crippen LogP contribution in [-0.4, -0.2) is 18.4 Å². The van der Waals surface area contributed by atoms with Crippen LogP contribution in [0.5, 0.6) is 0 Å². The normalized spacial score (nSPS) is 15.2. The molecule has 0 aromatic carbocycles. The lowest BCUT2D eigenvalue weighted by Gasteiger charge is -2.08. The number of carbonyl (C=O) groups excluding carboxylic acids is 2. The number of allylic oxidation sites excluding steroid dienone is 2. The van der Waals surface area contributed by atoms with E-state index in [0.717, 1.165) is 19.3 Å². The number of rotatable bonds is 7. The van der Waals surface area contributed by atoms with Crippen molar-refractivity contribution in [1.29, 1.82) is 0 Å². The Morgan fingerprint density at radius 3 is 2.33 bits per heavy atom. The molecule has 118 valence electrons. The van der Waals surface area contributed by atoms with Gasteiger partial charge in [-0.2, -0.15) is 0 Å². The van der Waals surface area contributed by atoms with E-state index in [4.69, 9.17) is 4.74 Å². The summed E-state index contributed by atoms with van der Waals surface area (Å²) in [5, 5.41) is 0. The van der Waals surface area contributed by atoms with E-state index >= 15 is 0 Å². The molecule has 21 heavy (non-hydrogen) atoms. The van der Waals surface area contributed by atoms with Crippen molar-refractivity contribution in [2.45, 2.75) is 64.7 Å². The maximum atomic E-state index is 11.9. The van der Waals surface area contributed by atoms with Crippen molar-refractivity contribution in [3.05, 3.63) is 22.2 Å². The fourth-order valence-electron chi connectivity index (χ4n) is 2.48. The van der Waals surface area contributed by atoms with Crippen molar-refractivity contribution in [3.8, 4) is 0 Å². The lowest BCUT2D eigenvalue weighted by atomic mass is 10.0. The van der Waals surface area contributed by atoms with Crippen LogP contribution in [0.3, 0.4) is 0 Å². The monoisotopic (exact) mass is 356 g/mol. The first-order chi connectivity index (χ1) is 10.0. The molecule has 1 rings (SSSR count). The highest BCUT2D eigenvalue weighted by Crippen LogP contribution is 2.30. The lowest BCUT2D eigenvalue weighted by Crippen LogP contribution is -2.10. The van der Waals surface area contributed by atoms with Crippen LogP contribution < -0.4 is 0 Å². The lowest BCUT2D eigenvalue weighted by molar-refractivity contribution is -0.139. The van der Waals surface area contributed by atoms with Crippen molar-refractivity contribution in [3.63, 3.8) is 0 Å². The van der Waals surface area contributed by atoms with Gasteiger partial charge in [-0.05, 0) is 43.5 Å². The summed E-state index contributed by atoms with van der Waals surface area (Å²) in [6, 6.07) is 0. The molecule has 0 aromatic rings. The zero-order valence-corrected chi connectivity index (χ0v) is 14.5. The van der Waals surface area contributed by atoms with Crippen LogP contribution in [0.2, 0.25) is 0 Å². The molecule has 1 aliphatic rings. The van der Waals surface area contributed by atoms with E-state index in [-0.39, 0.29) is 17.8 Å². The average Bonchev–Trinajstić information content (AvgIpc) is 2.74. The summed E-state index contributed by atoms with van der Waals surface area (Å²) in [5.41, 5.74) is 1.71. The molecule has 0 amide bonds. The molecule has 0 unspecified atom stereocenters. The fraction of sp³-hybridized carbons (Fsp3) is 0.647. The third kappa shape index (κ3) is 7.07. The van der Waals surface area contributed by atoms with Crippen LogP contribution in [0.15, 0.2) is 22.2 Å². The van der Waals surface area contributed by atoms with Crippen LogP contribution in [0, 0.1) is 0 Å². The van der Waals surface area contributed by atoms with Crippen LogP contribution >= 0.6 is 15.9 Å². The maximum Gasteiger partial charge on any atom is 0.333 e. The third-order valence-corrected chi connectivity index (χ3v) is 4.65. The summed E-state index contributed by atoms with van der Waals surface area (Å²) < 4.78 is 6.01. The topological polar surface area (TPSA) is 43.4 Å². The number of hydrogen-bond acceptors (Lipinski definition) is 3. The van der Waals surface area contributed by atoms with Crippen molar-refractivity contribution < 1.29 is 14.3 Å². The maximum absolute atomic E-state index is 11.9. The predicted octanol–water partition coefficient (Wildman–Crippen LogP) is 4.85. The van der Waals surface area contributed by atoms with Gasteiger partial charge in [-0.1, -0.05) is 40.9 Å². The number of halogens is 1. The second-order valence-corrected chi connectivity index (χ2v) is 6.42. The highest BCUT2D eigenvalue weighted by atomic mass is 79.9. The van der Waals surface area contributed by atoms with Gasteiger partial charge in [0.2, 0.25) is 0 Å². The number of ether oxygens (including phenoxy) is 1. The molecule has 3 nitrogen and oxygen atoms in total. The van der Waals surface area contributed by atoms with Gasteiger partial charge in [-0.25, -0.2) is 4.79 Å².